The van der Waals surface area contributed by atoms with Gasteiger partial charge in [0.05, 0.1) is 12.1 Å². The van der Waals surface area contributed by atoms with E-state index in [0.29, 0.717) is 13.2 Å². The largest absolute Gasteiger partial charge is 0.508 e. The zero-order valence-corrected chi connectivity index (χ0v) is 12.4. The molecule has 0 bridgehead atoms. The molecule has 0 fully saturated rings. The zero-order valence-electron chi connectivity index (χ0n) is 12.4. The topological polar surface area (TPSA) is 49.8 Å². The lowest BCUT2D eigenvalue weighted by atomic mass is 9.89. The number of ether oxygens (including phenoxy) is 1. The molecule has 1 aliphatic rings. The number of aromatic hydroxyl groups is 1. The number of rotatable bonds is 3. The predicted molar refractivity (Wildman–Crippen MR) is 79.8 cm³/mol. The molecule has 4 heteroatoms. The second kappa shape index (κ2) is 5.19. The molecule has 0 unspecified atom stereocenters. The molecular formula is C16H21NO3. The second-order valence-corrected chi connectivity index (χ2v) is 5.67. The summed E-state index contributed by atoms with van der Waals surface area (Å²) in [4.78, 5) is 13.1. The highest BCUT2D eigenvalue weighted by Gasteiger charge is 2.31. The van der Waals surface area contributed by atoms with Gasteiger partial charge in [-0.05, 0) is 38.5 Å². The first-order valence-electron chi connectivity index (χ1n) is 6.75. The molecule has 1 aromatic carbocycles. The van der Waals surface area contributed by atoms with Crippen LogP contribution in [0.3, 0.4) is 0 Å². The van der Waals surface area contributed by atoms with Crippen LogP contribution >= 0.6 is 0 Å². The van der Waals surface area contributed by atoms with Gasteiger partial charge in [-0.15, -0.1) is 0 Å². The number of nitrogens with zero attached hydrogens (tertiary/aromatic N) is 1. The van der Waals surface area contributed by atoms with E-state index in [1.165, 1.54) is 12.5 Å². The fraction of sp³-hybridized carbons (Fsp3) is 0.438. The summed E-state index contributed by atoms with van der Waals surface area (Å²) >= 11 is 0. The summed E-state index contributed by atoms with van der Waals surface area (Å²) < 4.78 is 5.05. The SMILES string of the molecule is CC(=O)OCCN1c2cc(O)ccc2C(C)=CC1(C)C. The number of fused-ring (bicyclic) bond motifs is 1. The van der Waals surface area contributed by atoms with Crippen molar-refractivity contribution in [1.82, 2.24) is 0 Å². The van der Waals surface area contributed by atoms with Crippen LogP contribution in [0.15, 0.2) is 24.3 Å². The highest BCUT2D eigenvalue weighted by molar-refractivity contribution is 5.82. The van der Waals surface area contributed by atoms with E-state index in [4.69, 9.17) is 4.74 Å². The van der Waals surface area contributed by atoms with Gasteiger partial charge in [-0.3, -0.25) is 4.79 Å². The van der Waals surface area contributed by atoms with Crippen molar-refractivity contribution < 1.29 is 14.6 Å². The summed E-state index contributed by atoms with van der Waals surface area (Å²) in [6.45, 7) is 8.62. The third-order valence-electron chi connectivity index (χ3n) is 3.58. The first-order chi connectivity index (χ1) is 9.31. The Bertz CT molecular complexity index is 561. The number of phenolic OH excluding ortho intramolecular Hbond substituents is 1. The summed E-state index contributed by atoms with van der Waals surface area (Å²) in [6, 6.07) is 5.38. The van der Waals surface area contributed by atoms with Crippen LogP contribution in [0.5, 0.6) is 5.75 Å². The first kappa shape index (κ1) is 14.4. The van der Waals surface area contributed by atoms with Gasteiger partial charge >= 0.3 is 5.97 Å². The van der Waals surface area contributed by atoms with Crippen LogP contribution in [0.25, 0.3) is 5.57 Å². The molecular weight excluding hydrogens is 254 g/mol. The van der Waals surface area contributed by atoms with Gasteiger partial charge in [0.2, 0.25) is 0 Å². The fourth-order valence-corrected chi connectivity index (χ4v) is 2.76. The Hall–Kier alpha value is -1.97. The maximum atomic E-state index is 10.9. The third-order valence-corrected chi connectivity index (χ3v) is 3.58. The van der Waals surface area contributed by atoms with Gasteiger partial charge in [0.1, 0.15) is 12.4 Å². The van der Waals surface area contributed by atoms with Crippen molar-refractivity contribution in [3.63, 3.8) is 0 Å². The van der Waals surface area contributed by atoms with Crippen LogP contribution in [-0.2, 0) is 9.53 Å². The van der Waals surface area contributed by atoms with Crippen LogP contribution in [0.1, 0.15) is 33.3 Å². The molecule has 0 spiro atoms. The van der Waals surface area contributed by atoms with Crippen LogP contribution < -0.4 is 4.90 Å². The van der Waals surface area contributed by atoms with Crippen molar-refractivity contribution in [3.05, 3.63) is 29.8 Å². The van der Waals surface area contributed by atoms with Gasteiger partial charge < -0.3 is 14.7 Å². The Morgan fingerprint density at radius 3 is 2.75 bits per heavy atom. The molecule has 1 heterocycles. The highest BCUT2D eigenvalue weighted by Crippen LogP contribution is 2.40. The monoisotopic (exact) mass is 275 g/mol. The number of hydrogen-bond acceptors (Lipinski definition) is 4. The second-order valence-electron chi connectivity index (χ2n) is 5.67. The maximum Gasteiger partial charge on any atom is 0.302 e. The Morgan fingerprint density at radius 2 is 2.10 bits per heavy atom. The lowest BCUT2D eigenvalue weighted by Gasteiger charge is -2.43. The molecule has 108 valence electrons. The number of anilines is 1. The van der Waals surface area contributed by atoms with Crippen LogP contribution in [0.4, 0.5) is 5.69 Å². The van der Waals surface area contributed by atoms with Crippen molar-refractivity contribution in [2.75, 3.05) is 18.1 Å². The lowest BCUT2D eigenvalue weighted by Crippen LogP contribution is -2.46. The molecule has 0 aliphatic carbocycles. The Morgan fingerprint density at radius 1 is 1.40 bits per heavy atom. The quantitative estimate of drug-likeness (QED) is 0.862. The van der Waals surface area contributed by atoms with E-state index in [1.807, 2.05) is 6.07 Å². The van der Waals surface area contributed by atoms with Gasteiger partial charge in [-0.1, -0.05) is 6.08 Å². The highest BCUT2D eigenvalue weighted by atomic mass is 16.5. The van der Waals surface area contributed by atoms with E-state index in [1.54, 1.807) is 12.1 Å². The fourth-order valence-electron chi connectivity index (χ4n) is 2.76. The number of esters is 1. The molecule has 0 saturated carbocycles. The van der Waals surface area contributed by atoms with Crippen molar-refractivity contribution in [2.45, 2.75) is 33.2 Å². The number of carbonyl (C=O) groups is 1. The molecule has 0 atom stereocenters. The van der Waals surface area contributed by atoms with Crippen molar-refractivity contribution in [3.8, 4) is 5.75 Å². The lowest BCUT2D eigenvalue weighted by molar-refractivity contribution is -0.140. The average molecular weight is 275 g/mol. The summed E-state index contributed by atoms with van der Waals surface area (Å²) in [5.74, 6) is -0.0330. The van der Waals surface area contributed by atoms with E-state index in [-0.39, 0.29) is 17.3 Å². The van der Waals surface area contributed by atoms with Gasteiger partial charge in [0.25, 0.3) is 0 Å². The van der Waals surface area contributed by atoms with E-state index in [0.717, 1.165) is 11.3 Å². The number of allylic oxidation sites excluding steroid dienone is 1. The zero-order chi connectivity index (χ0) is 14.9. The standard InChI is InChI=1S/C16H21NO3/c1-11-10-16(3,4)17(7-8-20-12(2)18)15-9-13(19)5-6-14(11)15/h5-6,9-10,19H,7-8H2,1-4H3. The van der Waals surface area contributed by atoms with Gasteiger partial charge in [0.15, 0.2) is 0 Å². The molecule has 1 N–H and O–H groups in total. The molecule has 2 rings (SSSR count). The van der Waals surface area contributed by atoms with Crippen LogP contribution in [0, 0.1) is 0 Å². The van der Waals surface area contributed by atoms with Crippen molar-refractivity contribution in [1.29, 1.82) is 0 Å². The summed E-state index contributed by atoms with van der Waals surface area (Å²) in [5.41, 5.74) is 3.08. The predicted octanol–water partition coefficient (Wildman–Crippen LogP) is 2.96. The number of benzene rings is 1. The maximum absolute atomic E-state index is 10.9. The molecule has 20 heavy (non-hydrogen) atoms. The molecule has 1 aromatic rings. The van der Waals surface area contributed by atoms with Crippen LogP contribution in [-0.4, -0.2) is 29.8 Å². The van der Waals surface area contributed by atoms with Gasteiger partial charge in [0, 0.05) is 24.2 Å². The molecule has 0 amide bonds. The Labute approximate surface area is 119 Å². The van der Waals surface area contributed by atoms with Crippen LogP contribution in [0.2, 0.25) is 0 Å². The molecule has 0 saturated heterocycles. The molecule has 1 aliphatic heterocycles. The minimum absolute atomic E-state index is 0.189. The Kier molecular flexibility index (Phi) is 3.75. The molecule has 4 nitrogen and oxygen atoms in total. The summed E-state index contributed by atoms with van der Waals surface area (Å²) in [5, 5.41) is 9.74. The Balaban J connectivity index is 2.34. The third kappa shape index (κ3) is 2.79. The summed E-state index contributed by atoms with van der Waals surface area (Å²) in [7, 11) is 0. The number of hydrogen-bond donors (Lipinski definition) is 1. The minimum atomic E-state index is -0.275. The average Bonchev–Trinajstić information content (AvgIpc) is 2.31. The van der Waals surface area contributed by atoms with E-state index in [9.17, 15) is 9.90 Å². The van der Waals surface area contributed by atoms with E-state index < -0.39 is 0 Å². The normalized spacial score (nSPS) is 16.4. The molecule has 0 aromatic heterocycles. The minimum Gasteiger partial charge on any atom is -0.508 e. The number of carbonyl (C=O) groups excluding carboxylic acids is 1. The van der Waals surface area contributed by atoms with Gasteiger partial charge in [-0.25, -0.2) is 0 Å². The van der Waals surface area contributed by atoms with Crippen molar-refractivity contribution >= 4 is 17.2 Å². The molecule has 0 radical (unpaired) electrons. The van der Waals surface area contributed by atoms with Gasteiger partial charge in [-0.2, -0.15) is 0 Å². The first-order valence-corrected chi connectivity index (χ1v) is 6.75. The van der Waals surface area contributed by atoms with E-state index in [2.05, 4.69) is 31.7 Å². The van der Waals surface area contributed by atoms with E-state index >= 15 is 0 Å². The number of phenols is 1. The summed E-state index contributed by atoms with van der Waals surface area (Å²) in [6.07, 6.45) is 2.19. The smallest absolute Gasteiger partial charge is 0.302 e. The van der Waals surface area contributed by atoms with Crippen molar-refractivity contribution in [2.24, 2.45) is 0 Å².